The second-order valence-corrected chi connectivity index (χ2v) is 7.35. The van der Waals surface area contributed by atoms with E-state index in [0.717, 1.165) is 18.7 Å². The van der Waals surface area contributed by atoms with Gasteiger partial charge in [0.15, 0.2) is 0 Å². The fourth-order valence-corrected chi connectivity index (χ4v) is 3.38. The van der Waals surface area contributed by atoms with Crippen LogP contribution in [0, 0.1) is 6.92 Å². The Morgan fingerprint density at radius 2 is 1.91 bits per heavy atom. The van der Waals surface area contributed by atoms with E-state index in [2.05, 4.69) is 37.8 Å². The van der Waals surface area contributed by atoms with Gasteiger partial charge in [-0.25, -0.2) is 0 Å². The minimum Gasteiger partial charge on any atom is -0.491 e. The molecule has 126 valence electrons. The maximum absolute atomic E-state index is 10.3. The summed E-state index contributed by atoms with van der Waals surface area (Å²) >= 11 is 1.83. The molecule has 1 heterocycles. The molecular formula is C19H27NO2S. The first-order chi connectivity index (χ1) is 11.1. The topological polar surface area (TPSA) is 32.7 Å². The standard InChI is InChI=1S/C19H27NO2S/c1-4-15(2)20(13-19-11-10-16(3)23-19)12-17(21)14-22-18-8-6-5-7-9-18/h5-11,15,17,21H,4,12-14H2,1-3H3/t15-,17+/m1/s1. The van der Waals surface area contributed by atoms with Gasteiger partial charge in [0.05, 0.1) is 0 Å². The third kappa shape index (κ3) is 5.98. The van der Waals surface area contributed by atoms with Crippen molar-refractivity contribution in [2.24, 2.45) is 0 Å². The van der Waals surface area contributed by atoms with E-state index in [1.165, 1.54) is 9.75 Å². The number of thiophene rings is 1. The molecule has 1 aromatic heterocycles. The largest absolute Gasteiger partial charge is 0.491 e. The number of hydrogen-bond acceptors (Lipinski definition) is 4. The van der Waals surface area contributed by atoms with Crippen LogP contribution in [0.4, 0.5) is 0 Å². The molecule has 2 aromatic rings. The summed E-state index contributed by atoms with van der Waals surface area (Å²) in [6, 6.07) is 14.4. The fraction of sp³-hybridized carbons (Fsp3) is 0.474. The normalized spacial score (nSPS) is 14.0. The third-order valence-electron chi connectivity index (χ3n) is 4.00. The number of ether oxygens (including phenoxy) is 1. The summed E-state index contributed by atoms with van der Waals surface area (Å²) in [5.74, 6) is 0.801. The molecule has 1 aromatic carbocycles. The number of hydrogen-bond donors (Lipinski definition) is 1. The van der Waals surface area contributed by atoms with Gasteiger partial charge in [-0.05, 0) is 44.5 Å². The zero-order chi connectivity index (χ0) is 16.7. The lowest BCUT2D eigenvalue weighted by Crippen LogP contribution is -2.40. The van der Waals surface area contributed by atoms with E-state index in [1.807, 2.05) is 41.7 Å². The van der Waals surface area contributed by atoms with E-state index in [1.54, 1.807) is 0 Å². The van der Waals surface area contributed by atoms with Crippen molar-refractivity contribution in [3.05, 3.63) is 52.2 Å². The number of benzene rings is 1. The SMILES string of the molecule is CC[C@@H](C)N(Cc1ccc(C)s1)C[C@H](O)COc1ccccc1. The molecule has 0 radical (unpaired) electrons. The lowest BCUT2D eigenvalue weighted by molar-refractivity contribution is 0.0510. The maximum atomic E-state index is 10.3. The summed E-state index contributed by atoms with van der Waals surface area (Å²) in [5, 5.41) is 10.3. The van der Waals surface area contributed by atoms with Gasteiger partial charge >= 0.3 is 0 Å². The van der Waals surface area contributed by atoms with Gasteiger partial charge in [0.25, 0.3) is 0 Å². The molecule has 0 spiro atoms. The Bertz CT molecular complexity index is 570. The van der Waals surface area contributed by atoms with Gasteiger partial charge in [0.2, 0.25) is 0 Å². The van der Waals surface area contributed by atoms with Crippen LogP contribution in [0.25, 0.3) is 0 Å². The van der Waals surface area contributed by atoms with Gasteiger partial charge in [-0.15, -0.1) is 11.3 Å². The molecule has 4 heteroatoms. The number of rotatable bonds is 9. The van der Waals surface area contributed by atoms with Crippen molar-refractivity contribution in [3.8, 4) is 5.75 Å². The van der Waals surface area contributed by atoms with Crippen LogP contribution in [0.5, 0.6) is 5.75 Å². The molecule has 0 bridgehead atoms. The van der Waals surface area contributed by atoms with Crippen LogP contribution in [-0.2, 0) is 6.54 Å². The average molecular weight is 333 g/mol. The van der Waals surface area contributed by atoms with E-state index in [-0.39, 0.29) is 0 Å². The van der Waals surface area contributed by atoms with Crippen molar-refractivity contribution in [1.82, 2.24) is 4.90 Å². The van der Waals surface area contributed by atoms with E-state index in [4.69, 9.17) is 4.74 Å². The van der Waals surface area contributed by atoms with Crippen LogP contribution in [0.1, 0.15) is 30.0 Å². The Kier molecular flexibility index (Phi) is 7.09. The van der Waals surface area contributed by atoms with Crippen molar-refractivity contribution in [2.75, 3.05) is 13.2 Å². The zero-order valence-electron chi connectivity index (χ0n) is 14.2. The summed E-state index contributed by atoms with van der Waals surface area (Å²) in [4.78, 5) is 5.01. The molecule has 1 N–H and O–H groups in total. The fourth-order valence-electron chi connectivity index (χ4n) is 2.46. The Labute approximate surface area is 143 Å². The number of nitrogens with zero attached hydrogens (tertiary/aromatic N) is 1. The molecular weight excluding hydrogens is 306 g/mol. The van der Waals surface area contributed by atoms with Gasteiger partial charge < -0.3 is 9.84 Å². The highest BCUT2D eigenvalue weighted by Crippen LogP contribution is 2.19. The predicted molar refractivity (Wildman–Crippen MR) is 97.2 cm³/mol. The second kappa shape index (κ2) is 9.06. The number of para-hydroxylation sites is 1. The molecule has 2 rings (SSSR count). The lowest BCUT2D eigenvalue weighted by Gasteiger charge is -2.30. The number of aliphatic hydroxyl groups is 1. The smallest absolute Gasteiger partial charge is 0.119 e. The first kappa shape index (κ1) is 18.0. The predicted octanol–water partition coefficient (Wildman–Crippen LogP) is 4.10. The highest BCUT2D eigenvalue weighted by molar-refractivity contribution is 7.11. The second-order valence-electron chi connectivity index (χ2n) is 5.98. The Morgan fingerprint density at radius 1 is 1.17 bits per heavy atom. The highest BCUT2D eigenvalue weighted by Gasteiger charge is 2.18. The van der Waals surface area contributed by atoms with E-state index < -0.39 is 6.10 Å². The van der Waals surface area contributed by atoms with Crippen molar-refractivity contribution < 1.29 is 9.84 Å². The summed E-state index contributed by atoms with van der Waals surface area (Å²) in [6.45, 7) is 8.36. The Balaban J connectivity index is 1.88. The maximum Gasteiger partial charge on any atom is 0.119 e. The number of aryl methyl sites for hydroxylation is 1. The molecule has 0 amide bonds. The minimum atomic E-state index is -0.495. The average Bonchev–Trinajstić information content (AvgIpc) is 2.97. The van der Waals surface area contributed by atoms with Crippen LogP contribution in [0.3, 0.4) is 0 Å². The van der Waals surface area contributed by atoms with Gasteiger partial charge in [-0.1, -0.05) is 25.1 Å². The monoisotopic (exact) mass is 333 g/mol. The van der Waals surface area contributed by atoms with Crippen LogP contribution in [0.15, 0.2) is 42.5 Å². The zero-order valence-corrected chi connectivity index (χ0v) is 15.1. The molecule has 0 saturated carbocycles. The van der Waals surface area contributed by atoms with Crippen LogP contribution < -0.4 is 4.74 Å². The van der Waals surface area contributed by atoms with Crippen molar-refractivity contribution in [2.45, 2.75) is 45.9 Å². The van der Waals surface area contributed by atoms with Crippen LogP contribution in [0.2, 0.25) is 0 Å². The summed E-state index contributed by atoms with van der Waals surface area (Å²) in [6.07, 6.45) is 0.571. The van der Waals surface area contributed by atoms with Gasteiger partial charge in [0, 0.05) is 28.9 Å². The minimum absolute atomic E-state index is 0.320. The van der Waals surface area contributed by atoms with E-state index in [9.17, 15) is 5.11 Å². The molecule has 0 fully saturated rings. The van der Waals surface area contributed by atoms with Gasteiger partial charge in [-0.2, -0.15) is 0 Å². The van der Waals surface area contributed by atoms with Gasteiger partial charge in [0.1, 0.15) is 18.5 Å². The van der Waals surface area contributed by atoms with Crippen LogP contribution in [-0.4, -0.2) is 35.3 Å². The quantitative estimate of drug-likeness (QED) is 0.750. The summed E-state index contributed by atoms with van der Waals surface area (Å²) in [7, 11) is 0. The molecule has 23 heavy (non-hydrogen) atoms. The molecule has 3 nitrogen and oxygen atoms in total. The van der Waals surface area contributed by atoms with Crippen molar-refractivity contribution >= 4 is 11.3 Å². The van der Waals surface area contributed by atoms with E-state index in [0.29, 0.717) is 19.2 Å². The molecule has 0 saturated heterocycles. The van der Waals surface area contributed by atoms with Crippen molar-refractivity contribution in [1.29, 1.82) is 0 Å². The van der Waals surface area contributed by atoms with Gasteiger partial charge in [-0.3, -0.25) is 4.90 Å². The number of aliphatic hydroxyl groups excluding tert-OH is 1. The van der Waals surface area contributed by atoms with Crippen molar-refractivity contribution in [3.63, 3.8) is 0 Å². The Hall–Kier alpha value is -1.36. The molecule has 0 aliphatic rings. The summed E-state index contributed by atoms with van der Waals surface area (Å²) < 4.78 is 5.66. The Morgan fingerprint density at radius 3 is 2.52 bits per heavy atom. The first-order valence-electron chi connectivity index (χ1n) is 8.23. The first-order valence-corrected chi connectivity index (χ1v) is 9.05. The molecule has 0 unspecified atom stereocenters. The highest BCUT2D eigenvalue weighted by atomic mass is 32.1. The van der Waals surface area contributed by atoms with E-state index >= 15 is 0 Å². The summed E-state index contributed by atoms with van der Waals surface area (Å²) in [5.41, 5.74) is 0. The van der Waals surface area contributed by atoms with Crippen LogP contribution >= 0.6 is 11.3 Å². The third-order valence-corrected chi connectivity index (χ3v) is 4.99. The lowest BCUT2D eigenvalue weighted by atomic mass is 10.2. The molecule has 0 aliphatic heterocycles. The molecule has 2 atom stereocenters. The molecule has 0 aliphatic carbocycles.